The molecule has 0 aliphatic carbocycles. The van der Waals surface area contributed by atoms with Crippen molar-refractivity contribution in [2.24, 2.45) is 5.92 Å². The van der Waals surface area contributed by atoms with Crippen LogP contribution in [-0.4, -0.2) is 13.9 Å². The van der Waals surface area contributed by atoms with Gasteiger partial charge in [0.2, 0.25) is 0 Å². The van der Waals surface area contributed by atoms with Gasteiger partial charge in [-0.2, -0.15) is 0 Å². The fourth-order valence-electron chi connectivity index (χ4n) is 0.994. The second kappa shape index (κ2) is 11.5. The maximum absolute atomic E-state index is 9.80. The van der Waals surface area contributed by atoms with E-state index in [2.05, 4.69) is 23.5 Å². The van der Waals surface area contributed by atoms with E-state index in [1.54, 1.807) is 0 Å². The largest absolute Gasteiger partial charge is 2.00 e. The monoisotopic (exact) mass is 251 g/mol. The molecule has 0 fully saturated rings. The van der Waals surface area contributed by atoms with Crippen LogP contribution < -0.4 is 10.0 Å². The van der Waals surface area contributed by atoms with E-state index in [0.29, 0.717) is 6.61 Å². The van der Waals surface area contributed by atoms with Crippen LogP contribution in [0.2, 0.25) is 0 Å². The third-order valence-electron chi connectivity index (χ3n) is 1.66. The van der Waals surface area contributed by atoms with Crippen LogP contribution in [-0.2, 0) is 26.8 Å². The molecule has 0 rings (SSSR count). The van der Waals surface area contributed by atoms with Crippen LogP contribution in [0.25, 0.3) is 0 Å². The first-order valence-corrected chi connectivity index (χ1v) is 4.73. The molecule has 6 heteroatoms. The minimum Gasteiger partial charge on any atom is -0.868 e. The van der Waals surface area contributed by atoms with Crippen molar-refractivity contribution in [3.05, 3.63) is 0 Å². The molecule has 0 N–H and O–H groups in total. The Morgan fingerprint density at radius 1 is 1.14 bits per heavy atom. The number of rotatable bonds is 8. The molecule has 0 aromatic carbocycles. The molecular formula is C8H17BCuO4. The first kappa shape index (κ1) is 16.8. The molecule has 0 aliphatic rings. The van der Waals surface area contributed by atoms with Crippen LogP contribution in [0, 0.1) is 5.92 Å². The first-order valence-electron chi connectivity index (χ1n) is 4.73. The molecule has 0 aromatic heterocycles. The molecule has 0 spiro atoms. The van der Waals surface area contributed by atoms with E-state index >= 15 is 0 Å². The van der Waals surface area contributed by atoms with Crippen molar-refractivity contribution in [2.45, 2.75) is 39.5 Å². The summed E-state index contributed by atoms with van der Waals surface area (Å²) in [6, 6.07) is 0. The standard InChI is InChI=1S/C8H17BO4.Cu/c1-8(2)6-4-3-5-7-12-13-9(10)11;/h8H,3-7H2,1-2H3;/q-2;+2. The minimum atomic E-state index is -2.32. The third-order valence-corrected chi connectivity index (χ3v) is 1.66. The molecule has 0 aliphatic heterocycles. The molecular weight excluding hydrogens is 234 g/mol. The van der Waals surface area contributed by atoms with E-state index in [9.17, 15) is 10.0 Å². The summed E-state index contributed by atoms with van der Waals surface area (Å²) in [7, 11) is -2.32. The summed E-state index contributed by atoms with van der Waals surface area (Å²) in [5, 5.41) is 19.6. The van der Waals surface area contributed by atoms with Crippen molar-refractivity contribution < 1.29 is 36.8 Å². The predicted molar refractivity (Wildman–Crippen MR) is 46.1 cm³/mol. The van der Waals surface area contributed by atoms with Crippen LogP contribution in [0.3, 0.4) is 0 Å². The Morgan fingerprint density at radius 2 is 1.79 bits per heavy atom. The van der Waals surface area contributed by atoms with Gasteiger partial charge >= 0.3 is 17.1 Å². The fraction of sp³-hybridized carbons (Fsp3) is 1.00. The summed E-state index contributed by atoms with van der Waals surface area (Å²) in [5.41, 5.74) is 0. The Hall–Kier alpha value is 0.424. The zero-order chi connectivity index (χ0) is 10.1. The van der Waals surface area contributed by atoms with Gasteiger partial charge in [0.1, 0.15) is 7.32 Å². The maximum Gasteiger partial charge on any atom is 2.00 e. The Bertz CT molecular complexity index is 102. The van der Waals surface area contributed by atoms with Crippen LogP contribution in [0.15, 0.2) is 0 Å². The molecule has 0 atom stereocenters. The quantitative estimate of drug-likeness (QED) is 0.261. The number of hydrogen-bond acceptors (Lipinski definition) is 4. The number of hydrogen-bond donors (Lipinski definition) is 0. The normalized spacial score (nSPS) is 10.1. The van der Waals surface area contributed by atoms with Gasteiger partial charge in [0.15, 0.2) is 0 Å². The molecule has 87 valence electrons. The Labute approximate surface area is 96.6 Å². The van der Waals surface area contributed by atoms with E-state index in [0.717, 1.165) is 25.2 Å². The van der Waals surface area contributed by atoms with E-state index in [-0.39, 0.29) is 17.1 Å². The maximum atomic E-state index is 9.80. The van der Waals surface area contributed by atoms with Crippen LogP contribution in [0.4, 0.5) is 0 Å². The molecule has 0 heterocycles. The van der Waals surface area contributed by atoms with Gasteiger partial charge in [-0.25, -0.2) is 0 Å². The van der Waals surface area contributed by atoms with Crippen molar-refractivity contribution in [1.82, 2.24) is 0 Å². The predicted octanol–water partition coefficient (Wildman–Crippen LogP) is -0.146. The van der Waals surface area contributed by atoms with E-state index in [1.165, 1.54) is 6.42 Å². The van der Waals surface area contributed by atoms with Gasteiger partial charge < -0.3 is 14.9 Å². The second-order valence-corrected chi connectivity index (χ2v) is 3.45. The van der Waals surface area contributed by atoms with Gasteiger partial charge in [0, 0.05) is 0 Å². The molecule has 0 unspecified atom stereocenters. The number of unbranched alkanes of at least 4 members (excludes halogenated alkanes) is 2. The van der Waals surface area contributed by atoms with E-state index in [4.69, 9.17) is 0 Å². The van der Waals surface area contributed by atoms with Gasteiger partial charge in [-0.3, -0.25) is 4.89 Å². The van der Waals surface area contributed by atoms with Crippen molar-refractivity contribution in [3.8, 4) is 0 Å². The van der Waals surface area contributed by atoms with Crippen LogP contribution in [0.1, 0.15) is 39.5 Å². The molecule has 0 bridgehead atoms. The van der Waals surface area contributed by atoms with Gasteiger partial charge in [0.05, 0.1) is 6.61 Å². The summed E-state index contributed by atoms with van der Waals surface area (Å²) in [5.74, 6) is 0.727. The summed E-state index contributed by atoms with van der Waals surface area (Å²) < 4.78 is 0. The topological polar surface area (TPSA) is 64.6 Å². The summed E-state index contributed by atoms with van der Waals surface area (Å²) in [6.45, 7) is 4.69. The Kier molecular flexibility index (Phi) is 13.8. The van der Waals surface area contributed by atoms with Gasteiger partial charge in [0.25, 0.3) is 0 Å². The van der Waals surface area contributed by atoms with Gasteiger partial charge in [-0.15, -0.1) is 0 Å². The average Bonchev–Trinajstić information content (AvgIpc) is 2.01. The SMILES string of the molecule is CC(C)CCCCCOOB([O-])[O-].[Cu+2]. The second-order valence-electron chi connectivity index (χ2n) is 3.45. The average molecular weight is 252 g/mol. The van der Waals surface area contributed by atoms with Crippen molar-refractivity contribution >= 4 is 7.32 Å². The van der Waals surface area contributed by atoms with Crippen LogP contribution in [0.5, 0.6) is 0 Å². The molecule has 14 heavy (non-hydrogen) atoms. The molecule has 1 radical (unpaired) electrons. The fourth-order valence-corrected chi connectivity index (χ4v) is 0.994. The third kappa shape index (κ3) is 14.9. The first-order chi connectivity index (χ1) is 6.13. The summed E-state index contributed by atoms with van der Waals surface area (Å²) in [4.78, 5) is 8.24. The Morgan fingerprint density at radius 3 is 2.29 bits per heavy atom. The smallest absolute Gasteiger partial charge is 0.868 e. The zero-order valence-corrected chi connectivity index (χ0v) is 9.57. The Balaban J connectivity index is 0. The molecule has 0 saturated heterocycles. The van der Waals surface area contributed by atoms with Crippen LogP contribution >= 0.6 is 0 Å². The molecule has 4 nitrogen and oxygen atoms in total. The molecule has 0 aromatic rings. The zero-order valence-electron chi connectivity index (χ0n) is 8.62. The van der Waals surface area contributed by atoms with Gasteiger partial charge in [-0.05, 0) is 12.3 Å². The van der Waals surface area contributed by atoms with E-state index in [1.807, 2.05) is 0 Å². The van der Waals surface area contributed by atoms with E-state index < -0.39 is 7.32 Å². The van der Waals surface area contributed by atoms with Crippen molar-refractivity contribution in [1.29, 1.82) is 0 Å². The molecule has 0 amide bonds. The summed E-state index contributed by atoms with van der Waals surface area (Å²) in [6.07, 6.45) is 4.23. The minimum absolute atomic E-state index is 0. The van der Waals surface area contributed by atoms with Gasteiger partial charge in [-0.1, -0.05) is 33.1 Å². The van der Waals surface area contributed by atoms with Crippen molar-refractivity contribution in [3.63, 3.8) is 0 Å². The molecule has 0 saturated carbocycles. The summed E-state index contributed by atoms with van der Waals surface area (Å²) >= 11 is 0. The van der Waals surface area contributed by atoms with Crippen molar-refractivity contribution in [2.75, 3.05) is 6.61 Å².